The molecule has 1 saturated heterocycles. The molecule has 1 atom stereocenters. The van der Waals surface area contributed by atoms with E-state index < -0.39 is 10.0 Å². The molecule has 2 aromatic rings. The van der Waals surface area contributed by atoms with Gasteiger partial charge >= 0.3 is 0 Å². The standard InChI is InChI=1S/C26H35N3O7S/c1-32-8-9-37(30,31)28-24-11-19(13-27-26(24)33-2)18-10-20-15-34-17-23(20)25(12-18)36-16-22-14-29(6-7-35-22)21-4-3-5-21/h10-13,21-22,28H,3-9,14-17H2,1-2H3/t22-/m1/s1. The molecule has 1 aromatic carbocycles. The van der Waals surface area contributed by atoms with Crippen LogP contribution in [0.5, 0.6) is 11.6 Å². The van der Waals surface area contributed by atoms with Crippen LogP contribution in [0.1, 0.15) is 30.4 Å². The molecule has 0 unspecified atom stereocenters. The molecule has 5 rings (SSSR count). The van der Waals surface area contributed by atoms with E-state index in [0.29, 0.717) is 25.9 Å². The van der Waals surface area contributed by atoms with Gasteiger partial charge in [-0.15, -0.1) is 0 Å². The summed E-state index contributed by atoms with van der Waals surface area (Å²) in [5.74, 6) is 0.774. The first-order valence-corrected chi connectivity index (χ1v) is 14.4. The zero-order valence-corrected chi connectivity index (χ0v) is 22.2. The molecule has 1 N–H and O–H groups in total. The summed E-state index contributed by atoms with van der Waals surface area (Å²) in [5.41, 5.74) is 3.94. The van der Waals surface area contributed by atoms with Gasteiger partial charge in [0.15, 0.2) is 0 Å². The smallest absolute Gasteiger partial charge is 0.238 e. The molecule has 37 heavy (non-hydrogen) atoms. The summed E-state index contributed by atoms with van der Waals surface area (Å²) in [6, 6.07) is 6.42. The van der Waals surface area contributed by atoms with Crippen LogP contribution < -0.4 is 14.2 Å². The quantitative estimate of drug-likeness (QED) is 0.466. The maximum atomic E-state index is 12.5. The van der Waals surface area contributed by atoms with Crippen LogP contribution in [0.2, 0.25) is 0 Å². The van der Waals surface area contributed by atoms with Gasteiger partial charge in [-0.3, -0.25) is 9.62 Å². The minimum Gasteiger partial charge on any atom is -0.490 e. The number of nitrogens with zero attached hydrogens (tertiary/aromatic N) is 2. The van der Waals surface area contributed by atoms with E-state index in [1.807, 2.05) is 12.1 Å². The number of methoxy groups -OCH3 is 2. The van der Waals surface area contributed by atoms with Crippen LogP contribution in [-0.2, 0) is 37.4 Å². The number of nitrogens with one attached hydrogen (secondary N) is 1. The summed E-state index contributed by atoms with van der Waals surface area (Å²) in [7, 11) is -0.723. The number of ether oxygens (including phenoxy) is 5. The number of aromatic nitrogens is 1. The first-order chi connectivity index (χ1) is 18.0. The van der Waals surface area contributed by atoms with Crippen molar-refractivity contribution in [2.45, 2.75) is 44.6 Å². The van der Waals surface area contributed by atoms with Gasteiger partial charge in [-0.05, 0) is 42.2 Å². The molecule has 3 heterocycles. The van der Waals surface area contributed by atoms with E-state index in [9.17, 15) is 8.42 Å². The minimum atomic E-state index is -3.63. The molecular formula is C26H35N3O7S. The van der Waals surface area contributed by atoms with E-state index >= 15 is 0 Å². The van der Waals surface area contributed by atoms with Gasteiger partial charge in [-0.25, -0.2) is 13.4 Å². The van der Waals surface area contributed by atoms with E-state index in [4.69, 9.17) is 23.7 Å². The number of sulfonamides is 1. The lowest BCUT2D eigenvalue weighted by Gasteiger charge is -2.42. The summed E-state index contributed by atoms with van der Waals surface area (Å²) >= 11 is 0. The molecule has 2 aliphatic heterocycles. The average Bonchev–Trinajstić information content (AvgIpc) is 3.34. The SMILES string of the molecule is COCCS(=O)(=O)Nc1cc(-c2cc3c(c(OC[C@H]4CN(C5CCC5)CCO4)c2)COC3)cnc1OC. The Morgan fingerprint density at radius 2 is 2.03 bits per heavy atom. The number of hydrogen-bond donors (Lipinski definition) is 1. The second-order valence-electron chi connectivity index (χ2n) is 9.68. The van der Waals surface area contributed by atoms with Gasteiger partial charge in [-0.1, -0.05) is 6.42 Å². The Bertz CT molecular complexity index is 1200. The lowest BCUT2D eigenvalue weighted by atomic mass is 9.91. The van der Waals surface area contributed by atoms with Crippen LogP contribution in [-0.4, -0.2) is 83.3 Å². The highest BCUT2D eigenvalue weighted by Crippen LogP contribution is 2.37. The second-order valence-corrected chi connectivity index (χ2v) is 11.5. The van der Waals surface area contributed by atoms with Crippen LogP contribution >= 0.6 is 0 Å². The summed E-state index contributed by atoms with van der Waals surface area (Å²) in [4.78, 5) is 6.87. The van der Waals surface area contributed by atoms with Crippen molar-refractivity contribution >= 4 is 15.7 Å². The van der Waals surface area contributed by atoms with Crippen LogP contribution in [0.3, 0.4) is 0 Å². The molecular weight excluding hydrogens is 498 g/mol. The monoisotopic (exact) mass is 533 g/mol. The average molecular weight is 534 g/mol. The molecule has 1 aliphatic carbocycles. The Labute approximate surface area is 218 Å². The summed E-state index contributed by atoms with van der Waals surface area (Å²) in [6.07, 6.45) is 5.56. The van der Waals surface area contributed by atoms with Crippen molar-refractivity contribution in [3.8, 4) is 22.8 Å². The normalized spacial score (nSPS) is 20.3. The lowest BCUT2D eigenvalue weighted by Crippen LogP contribution is -2.51. The van der Waals surface area contributed by atoms with Gasteiger partial charge in [0.1, 0.15) is 24.1 Å². The Morgan fingerprint density at radius 1 is 1.16 bits per heavy atom. The molecule has 1 aromatic heterocycles. The van der Waals surface area contributed by atoms with E-state index in [0.717, 1.165) is 47.7 Å². The molecule has 2 fully saturated rings. The van der Waals surface area contributed by atoms with Gasteiger partial charge in [0, 0.05) is 43.6 Å². The van der Waals surface area contributed by atoms with Crippen molar-refractivity contribution in [3.63, 3.8) is 0 Å². The Morgan fingerprint density at radius 3 is 2.78 bits per heavy atom. The number of fused-ring (bicyclic) bond motifs is 1. The fraction of sp³-hybridized carbons (Fsp3) is 0.577. The molecule has 0 spiro atoms. The summed E-state index contributed by atoms with van der Waals surface area (Å²) in [5, 5.41) is 0. The van der Waals surface area contributed by atoms with Crippen molar-refractivity contribution in [2.24, 2.45) is 0 Å². The number of benzene rings is 1. The van der Waals surface area contributed by atoms with Crippen molar-refractivity contribution in [1.29, 1.82) is 0 Å². The Kier molecular flexibility index (Phi) is 8.15. The van der Waals surface area contributed by atoms with E-state index in [1.165, 1.54) is 33.5 Å². The van der Waals surface area contributed by atoms with Crippen molar-refractivity contribution in [2.75, 3.05) is 57.6 Å². The third-order valence-electron chi connectivity index (χ3n) is 7.19. The summed E-state index contributed by atoms with van der Waals surface area (Å²) in [6.45, 7) is 4.14. The van der Waals surface area contributed by atoms with Crippen LogP contribution in [0.15, 0.2) is 24.4 Å². The Balaban J connectivity index is 1.36. The van der Waals surface area contributed by atoms with Gasteiger partial charge in [0.25, 0.3) is 0 Å². The molecule has 202 valence electrons. The van der Waals surface area contributed by atoms with E-state index in [2.05, 4.69) is 14.6 Å². The number of morpholine rings is 1. The number of hydrogen-bond acceptors (Lipinski definition) is 9. The van der Waals surface area contributed by atoms with Gasteiger partial charge in [-0.2, -0.15) is 0 Å². The largest absolute Gasteiger partial charge is 0.490 e. The maximum Gasteiger partial charge on any atom is 0.238 e. The first kappa shape index (κ1) is 26.2. The predicted molar refractivity (Wildman–Crippen MR) is 138 cm³/mol. The highest BCUT2D eigenvalue weighted by molar-refractivity contribution is 7.92. The molecule has 1 saturated carbocycles. The third-order valence-corrected chi connectivity index (χ3v) is 8.43. The topological polar surface area (TPSA) is 108 Å². The molecule has 0 bridgehead atoms. The molecule has 3 aliphatic rings. The van der Waals surface area contributed by atoms with Crippen molar-refractivity contribution in [3.05, 3.63) is 35.5 Å². The van der Waals surface area contributed by atoms with E-state index in [-0.39, 0.29) is 30.0 Å². The zero-order chi connectivity index (χ0) is 25.8. The maximum absolute atomic E-state index is 12.5. The highest BCUT2D eigenvalue weighted by atomic mass is 32.2. The van der Waals surface area contributed by atoms with Crippen LogP contribution in [0.25, 0.3) is 11.1 Å². The number of rotatable bonds is 11. The Hall–Kier alpha value is -2.44. The van der Waals surface area contributed by atoms with Gasteiger partial charge in [0.2, 0.25) is 15.9 Å². The molecule has 0 amide bonds. The highest BCUT2D eigenvalue weighted by Gasteiger charge is 2.30. The number of anilines is 1. The summed E-state index contributed by atoms with van der Waals surface area (Å²) < 4.78 is 55.8. The zero-order valence-electron chi connectivity index (χ0n) is 21.4. The lowest BCUT2D eigenvalue weighted by molar-refractivity contribution is -0.0701. The second kappa shape index (κ2) is 11.5. The molecule has 10 nitrogen and oxygen atoms in total. The van der Waals surface area contributed by atoms with E-state index in [1.54, 1.807) is 12.3 Å². The van der Waals surface area contributed by atoms with Gasteiger partial charge in [0.05, 0.1) is 39.3 Å². The minimum absolute atomic E-state index is 0.0201. The molecule has 0 radical (unpaired) electrons. The van der Waals surface area contributed by atoms with Gasteiger partial charge < -0.3 is 23.7 Å². The number of pyridine rings is 1. The molecule has 11 heteroatoms. The van der Waals surface area contributed by atoms with Crippen molar-refractivity contribution in [1.82, 2.24) is 9.88 Å². The third kappa shape index (κ3) is 6.18. The van der Waals surface area contributed by atoms with Crippen LogP contribution in [0.4, 0.5) is 5.69 Å². The fourth-order valence-electron chi connectivity index (χ4n) is 4.92. The van der Waals surface area contributed by atoms with Crippen molar-refractivity contribution < 1.29 is 32.1 Å². The first-order valence-electron chi connectivity index (χ1n) is 12.7. The fourth-order valence-corrected chi connectivity index (χ4v) is 5.89. The van der Waals surface area contributed by atoms with Crippen LogP contribution in [0, 0.1) is 0 Å². The predicted octanol–water partition coefficient (Wildman–Crippen LogP) is 2.81.